The Kier molecular flexibility index (Phi) is 8.53. The number of morpholine rings is 2. The molecule has 204 valence electrons. The minimum absolute atomic E-state index is 0.111. The van der Waals surface area contributed by atoms with Crippen LogP contribution in [0.4, 0.5) is 11.8 Å². The first-order valence-corrected chi connectivity index (χ1v) is 13.3. The molecule has 2 unspecified atom stereocenters. The van der Waals surface area contributed by atoms with Crippen LogP contribution in [0.2, 0.25) is 0 Å². The highest BCUT2D eigenvalue weighted by atomic mass is 16.5. The number of hydrogen-bond acceptors (Lipinski definition) is 10. The lowest BCUT2D eigenvalue weighted by Crippen LogP contribution is -2.46. The maximum absolute atomic E-state index is 5.96. The number of nitrogens with zero attached hydrogens (tertiary/aromatic N) is 5. The molecule has 0 saturated carbocycles. The standard InChI is InChI=1S/C28H38N6O4/c1-19-17-34(18-20(2)38-19)28-31-26-23(27(32-28)33-10-13-37-14-11-33)6-7-24(30-26)21-5-8-25(36-4)22(15-21)16-29-9-12-35-3/h5-8,15,19-20,29H,9-14,16-18H2,1-4H3. The molecular formula is C28H38N6O4. The minimum atomic E-state index is 0.111. The van der Waals surface area contributed by atoms with Crippen LogP contribution in [0.5, 0.6) is 5.75 Å². The van der Waals surface area contributed by atoms with Crippen molar-refractivity contribution in [3.05, 3.63) is 35.9 Å². The Morgan fingerprint density at radius 3 is 2.50 bits per heavy atom. The van der Waals surface area contributed by atoms with E-state index >= 15 is 0 Å². The maximum Gasteiger partial charge on any atom is 0.229 e. The fourth-order valence-electron chi connectivity index (χ4n) is 5.12. The Bertz CT molecular complexity index is 1230. The zero-order valence-electron chi connectivity index (χ0n) is 22.8. The smallest absolute Gasteiger partial charge is 0.229 e. The minimum Gasteiger partial charge on any atom is -0.496 e. The van der Waals surface area contributed by atoms with Gasteiger partial charge in [-0.2, -0.15) is 9.97 Å². The molecule has 5 rings (SSSR count). The number of pyridine rings is 1. The third-order valence-electron chi connectivity index (χ3n) is 6.92. The molecular weight excluding hydrogens is 484 g/mol. The quantitative estimate of drug-likeness (QED) is 0.423. The van der Waals surface area contributed by atoms with E-state index in [1.807, 2.05) is 12.1 Å². The summed E-state index contributed by atoms with van der Waals surface area (Å²) in [5.41, 5.74) is 3.63. The van der Waals surface area contributed by atoms with E-state index in [2.05, 4.69) is 47.2 Å². The van der Waals surface area contributed by atoms with E-state index in [1.165, 1.54) is 0 Å². The van der Waals surface area contributed by atoms with Crippen LogP contribution in [0.1, 0.15) is 19.4 Å². The lowest BCUT2D eigenvalue weighted by molar-refractivity contribution is -0.00570. The van der Waals surface area contributed by atoms with E-state index in [4.69, 9.17) is 33.9 Å². The number of methoxy groups -OCH3 is 2. The van der Waals surface area contributed by atoms with Crippen molar-refractivity contribution in [3.8, 4) is 17.0 Å². The molecule has 1 aromatic carbocycles. The summed E-state index contributed by atoms with van der Waals surface area (Å²) in [5, 5.41) is 4.35. The summed E-state index contributed by atoms with van der Waals surface area (Å²) in [5.74, 6) is 2.45. The van der Waals surface area contributed by atoms with Crippen LogP contribution < -0.4 is 19.9 Å². The van der Waals surface area contributed by atoms with Crippen molar-refractivity contribution in [1.29, 1.82) is 0 Å². The van der Waals surface area contributed by atoms with Crippen LogP contribution >= 0.6 is 0 Å². The molecule has 0 spiro atoms. The summed E-state index contributed by atoms with van der Waals surface area (Å²) in [7, 11) is 3.40. The molecule has 10 nitrogen and oxygen atoms in total. The molecule has 0 radical (unpaired) electrons. The van der Waals surface area contributed by atoms with E-state index in [0.29, 0.717) is 38.0 Å². The van der Waals surface area contributed by atoms with Gasteiger partial charge in [0.15, 0.2) is 5.65 Å². The van der Waals surface area contributed by atoms with Gasteiger partial charge in [-0.15, -0.1) is 0 Å². The van der Waals surface area contributed by atoms with Gasteiger partial charge in [0.2, 0.25) is 5.95 Å². The fraction of sp³-hybridized carbons (Fsp3) is 0.536. The molecule has 10 heteroatoms. The molecule has 2 aliphatic rings. The van der Waals surface area contributed by atoms with Gasteiger partial charge in [0, 0.05) is 57.5 Å². The van der Waals surface area contributed by atoms with Gasteiger partial charge >= 0.3 is 0 Å². The van der Waals surface area contributed by atoms with Crippen molar-refractivity contribution < 1.29 is 18.9 Å². The van der Waals surface area contributed by atoms with Crippen molar-refractivity contribution in [2.24, 2.45) is 0 Å². The van der Waals surface area contributed by atoms with E-state index in [1.54, 1.807) is 14.2 Å². The average molecular weight is 523 g/mol. The topological polar surface area (TPSA) is 94.1 Å². The molecule has 2 fully saturated rings. The monoisotopic (exact) mass is 522 g/mol. The highest BCUT2D eigenvalue weighted by molar-refractivity contribution is 5.90. The van der Waals surface area contributed by atoms with Gasteiger partial charge in [0.1, 0.15) is 11.6 Å². The number of rotatable bonds is 9. The summed E-state index contributed by atoms with van der Waals surface area (Å²) in [6, 6.07) is 10.3. The Balaban J connectivity index is 1.53. The summed E-state index contributed by atoms with van der Waals surface area (Å²) in [4.78, 5) is 19.6. The predicted octanol–water partition coefficient (Wildman–Crippen LogP) is 2.89. The summed E-state index contributed by atoms with van der Waals surface area (Å²) >= 11 is 0. The van der Waals surface area contributed by atoms with E-state index in [9.17, 15) is 0 Å². The van der Waals surface area contributed by atoms with Crippen molar-refractivity contribution in [1.82, 2.24) is 20.3 Å². The van der Waals surface area contributed by atoms with Crippen LogP contribution in [0, 0.1) is 0 Å². The second-order valence-electron chi connectivity index (χ2n) is 9.87. The summed E-state index contributed by atoms with van der Waals surface area (Å²) < 4.78 is 22.3. The molecule has 4 heterocycles. The molecule has 0 aliphatic carbocycles. The Hall–Kier alpha value is -3.05. The van der Waals surface area contributed by atoms with E-state index < -0.39 is 0 Å². The molecule has 0 amide bonds. The number of fused-ring (bicyclic) bond motifs is 1. The number of aromatic nitrogens is 3. The van der Waals surface area contributed by atoms with Crippen molar-refractivity contribution in [2.45, 2.75) is 32.6 Å². The number of nitrogens with one attached hydrogen (secondary N) is 1. The fourth-order valence-corrected chi connectivity index (χ4v) is 5.12. The maximum atomic E-state index is 5.96. The second-order valence-corrected chi connectivity index (χ2v) is 9.87. The van der Waals surface area contributed by atoms with Crippen LogP contribution in [-0.4, -0.2) is 93.9 Å². The van der Waals surface area contributed by atoms with Gasteiger partial charge in [-0.25, -0.2) is 4.98 Å². The molecule has 1 N–H and O–H groups in total. The van der Waals surface area contributed by atoms with Gasteiger partial charge in [-0.3, -0.25) is 0 Å². The first-order chi connectivity index (χ1) is 18.6. The van der Waals surface area contributed by atoms with E-state index in [-0.39, 0.29) is 12.2 Å². The zero-order chi connectivity index (χ0) is 26.5. The van der Waals surface area contributed by atoms with Crippen LogP contribution in [0.25, 0.3) is 22.3 Å². The molecule has 0 bridgehead atoms. The number of hydrogen-bond donors (Lipinski definition) is 1. The molecule has 3 aromatic rings. The predicted molar refractivity (Wildman–Crippen MR) is 148 cm³/mol. The Morgan fingerprint density at radius 2 is 1.76 bits per heavy atom. The third-order valence-corrected chi connectivity index (χ3v) is 6.92. The Morgan fingerprint density at radius 1 is 0.974 bits per heavy atom. The normalized spacial score (nSPS) is 20.2. The van der Waals surface area contributed by atoms with Crippen LogP contribution in [0.3, 0.4) is 0 Å². The van der Waals surface area contributed by atoms with Crippen molar-refractivity contribution in [2.75, 3.05) is 76.6 Å². The number of anilines is 2. The molecule has 38 heavy (non-hydrogen) atoms. The summed E-state index contributed by atoms with van der Waals surface area (Å²) in [6.07, 6.45) is 0.221. The average Bonchev–Trinajstić information content (AvgIpc) is 2.94. The lowest BCUT2D eigenvalue weighted by atomic mass is 10.1. The number of ether oxygens (including phenoxy) is 4. The molecule has 2 aliphatic heterocycles. The van der Waals surface area contributed by atoms with Crippen LogP contribution in [0.15, 0.2) is 30.3 Å². The lowest BCUT2D eigenvalue weighted by Gasteiger charge is -2.36. The van der Waals surface area contributed by atoms with Crippen molar-refractivity contribution >= 4 is 22.8 Å². The SMILES string of the molecule is COCCNCc1cc(-c2ccc3c(N4CCOCC4)nc(N4CC(C)OC(C)C4)nc3n2)ccc1OC. The highest BCUT2D eigenvalue weighted by Gasteiger charge is 2.26. The van der Waals surface area contributed by atoms with Crippen molar-refractivity contribution in [3.63, 3.8) is 0 Å². The second kappa shape index (κ2) is 12.2. The number of benzene rings is 1. The largest absolute Gasteiger partial charge is 0.496 e. The molecule has 2 atom stereocenters. The zero-order valence-corrected chi connectivity index (χ0v) is 22.8. The van der Waals surface area contributed by atoms with Gasteiger partial charge in [0.25, 0.3) is 0 Å². The molecule has 2 aromatic heterocycles. The van der Waals surface area contributed by atoms with Gasteiger partial charge in [-0.1, -0.05) is 0 Å². The Labute approximate surface area is 224 Å². The van der Waals surface area contributed by atoms with Gasteiger partial charge in [-0.05, 0) is 44.2 Å². The highest BCUT2D eigenvalue weighted by Crippen LogP contribution is 2.31. The third kappa shape index (κ3) is 5.99. The van der Waals surface area contributed by atoms with Gasteiger partial charge in [0.05, 0.1) is 50.2 Å². The first-order valence-electron chi connectivity index (χ1n) is 13.3. The van der Waals surface area contributed by atoms with Crippen LogP contribution in [-0.2, 0) is 20.8 Å². The summed E-state index contributed by atoms with van der Waals surface area (Å²) in [6.45, 7) is 10.7. The first kappa shape index (κ1) is 26.6. The van der Waals surface area contributed by atoms with E-state index in [0.717, 1.165) is 66.5 Å². The molecule has 2 saturated heterocycles. The van der Waals surface area contributed by atoms with Gasteiger partial charge < -0.3 is 34.1 Å².